The van der Waals surface area contributed by atoms with Crippen LogP contribution in [0.15, 0.2) is 24.3 Å². The molecule has 21 heavy (non-hydrogen) atoms. The lowest BCUT2D eigenvalue weighted by Gasteiger charge is -2.28. The Balaban J connectivity index is 1.82. The van der Waals surface area contributed by atoms with Crippen LogP contribution in [-0.4, -0.2) is 25.2 Å². The third-order valence-corrected chi connectivity index (χ3v) is 3.64. The molecule has 0 radical (unpaired) electrons. The lowest BCUT2D eigenvalue weighted by molar-refractivity contribution is -0.133. The first kappa shape index (κ1) is 15.3. The second-order valence-electron chi connectivity index (χ2n) is 5.13. The van der Waals surface area contributed by atoms with Gasteiger partial charge in [0.2, 0.25) is 5.91 Å². The van der Waals surface area contributed by atoms with Crippen molar-refractivity contribution in [3.8, 4) is 11.8 Å². The first-order valence-corrected chi connectivity index (χ1v) is 7.18. The van der Waals surface area contributed by atoms with Gasteiger partial charge < -0.3 is 14.8 Å². The fraction of sp³-hybridized carbons (Fsp3) is 0.500. The maximum Gasteiger partial charge on any atom is 0.225 e. The Kier molecular flexibility index (Phi) is 5.59. The quantitative estimate of drug-likeness (QED) is 0.899. The maximum absolute atomic E-state index is 12.1. The van der Waals surface area contributed by atoms with Gasteiger partial charge in [-0.2, -0.15) is 5.26 Å². The van der Waals surface area contributed by atoms with Crippen molar-refractivity contribution in [2.75, 3.05) is 13.2 Å². The van der Waals surface area contributed by atoms with E-state index in [0.717, 1.165) is 25.0 Å². The Bertz CT molecular complexity index is 507. The summed E-state index contributed by atoms with van der Waals surface area (Å²) >= 11 is 0. The van der Waals surface area contributed by atoms with Gasteiger partial charge in [-0.1, -0.05) is 12.1 Å². The normalized spacial score (nSPS) is 21.3. The van der Waals surface area contributed by atoms with E-state index >= 15 is 0 Å². The summed E-state index contributed by atoms with van der Waals surface area (Å²) in [6.45, 7) is 3.22. The van der Waals surface area contributed by atoms with Crippen LogP contribution in [0.4, 0.5) is 0 Å². The molecule has 0 spiro atoms. The van der Waals surface area contributed by atoms with Crippen molar-refractivity contribution in [3.05, 3.63) is 29.8 Å². The fourth-order valence-corrected chi connectivity index (χ4v) is 2.41. The molecule has 1 aliphatic heterocycles. The maximum atomic E-state index is 12.1. The van der Waals surface area contributed by atoms with Gasteiger partial charge in [0.05, 0.1) is 12.0 Å². The highest BCUT2D eigenvalue weighted by molar-refractivity contribution is 5.79. The molecule has 112 valence electrons. The number of amides is 1. The molecule has 1 saturated heterocycles. The molecule has 1 N–H and O–H groups in total. The average molecular weight is 288 g/mol. The van der Waals surface area contributed by atoms with Crippen LogP contribution in [0.2, 0.25) is 0 Å². The zero-order valence-corrected chi connectivity index (χ0v) is 12.2. The number of nitrogens with zero attached hydrogens (tertiary/aromatic N) is 1. The summed E-state index contributed by atoms with van der Waals surface area (Å²) in [5, 5.41) is 11.4. The minimum absolute atomic E-state index is 0.0134. The predicted molar refractivity (Wildman–Crippen MR) is 77.5 cm³/mol. The number of hydrogen-bond acceptors (Lipinski definition) is 4. The number of benzene rings is 1. The smallest absolute Gasteiger partial charge is 0.225 e. The lowest BCUT2D eigenvalue weighted by atomic mass is 9.94. The fourth-order valence-electron chi connectivity index (χ4n) is 2.41. The van der Waals surface area contributed by atoms with E-state index in [1.54, 1.807) is 12.1 Å². The summed E-state index contributed by atoms with van der Waals surface area (Å²) < 4.78 is 10.7. The SMILES string of the molecule is C[C@@H]1OCCC[C@@H]1C(=O)NCc1ccc(OCC#N)cc1. The summed E-state index contributed by atoms with van der Waals surface area (Å²) in [6.07, 6.45) is 1.81. The van der Waals surface area contributed by atoms with Crippen LogP contribution in [0.5, 0.6) is 5.75 Å². The molecule has 2 rings (SSSR count). The molecule has 0 saturated carbocycles. The zero-order chi connectivity index (χ0) is 15.1. The molecule has 0 aromatic heterocycles. The van der Waals surface area contributed by atoms with Crippen molar-refractivity contribution in [1.29, 1.82) is 5.26 Å². The molecule has 1 heterocycles. The summed E-state index contributed by atoms with van der Waals surface area (Å²) in [6, 6.07) is 9.28. The highest BCUT2D eigenvalue weighted by atomic mass is 16.5. The Labute approximate surface area is 124 Å². The number of nitriles is 1. The van der Waals surface area contributed by atoms with Crippen LogP contribution < -0.4 is 10.1 Å². The molecule has 0 bridgehead atoms. The van der Waals surface area contributed by atoms with Crippen molar-refractivity contribution < 1.29 is 14.3 Å². The first-order valence-electron chi connectivity index (χ1n) is 7.18. The van der Waals surface area contributed by atoms with E-state index in [1.807, 2.05) is 25.1 Å². The third kappa shape index (κ3) is 4.47. The first-order chi connectivity index (χ1) is 10.2. The van der Waals surface area contributed by atoms with Gasteiger partial charge in [-0.15, -0.1) is 0 Å². The molecule has 5 heteroatoms. The molecule has 2 atom stereocenters. The van der Waals surface area contributed by atoms with Crippen molar-refractivity contribution in [3.63, 3.8) is 0 Å². The predicted octanol–water partition coefficient (Wildman–Crippen LogP) is 2.02. The molecule has 1 aromatic carbocycles. The molecular formula is C16H20N2O3. The standard InChI is InChI=1S/C16H20N2O3/c1-12-15(3-2-9-20-12)16(19)18-11-13-4-6-14(7-5-13)21-10-8-17/h4-7,12,15H,2-3,9-11H2,1H3,(H,18,19)/t12-,15-/m0/s1. The number of carbonyl (C=O) groups is 1. The topological polar surface area (TPSA) is 71.3 Å². The lowest BCUT2D eigenvalue weighted by Crippen LogP contribution is -2.39. The van der Waals surface area contributed by atoms with Crippen molar-refractivity contribution in [2.24, 2.45) is 5.92 Å². The molecule has 5 nitrogen and oxygen atoms in total. The van der Waals surface area contributed by atoms with E-state index in [2.05, 4.69) is 5.32 Å². The van der Waals surface area contributed by atoms with Gasteiger partial charge in [0.15, 0.2) is 6.61 Å². The van der Waals surface area contributed by atoms with Gasteiger partial charge in [-0.3, -0.25) is 4.79 Å². The van der Waals surface area contributed by atoms with Crippen LogP contribution in [-0.2, 0) is 16.1 Å². The van der Waals surface area contributed by atoms with Crippen LogP contribution in [0.3, 0.4) is 0 Å². The van der Waals surface area contributed by atoms with E-state index in [4.69, 9.17) is 14.7 Å². The van der Waals surface area contributed by atoms with Crippen molar-refractivity contribution >= 4 is 5.91 Å². The number of rotatable bonds is 5. The van der Waals surface area contributed by atoms with Gasteiger partial charge in [-0.25, -0.2) is 0 Å². The molecule has 0 unspecified atom stereocenters. The third-order valence-electron chi connectivity index (χ3n) is 3.64. The Morgan fingerprint density at radius 2 is 2.24 bits per heavy atom. The molecular weight excluding hydrogens is 268 g/mol. The molecule has 1 aromatic rings. The average Bonchev–Trinajstić information content (AvgIpc) is 2.52. The molecule has 1 amide bonds. The van der Waals surface area contributed by atoms with E-state index < -0.39 is 0 Å². The van der Waals surface area contributed by atoms with Gasteiger partial charge in [0.1, 0.15) is 11.8 Å². The van der Waals surface area contributed by atoms with E-state index in [9.17, 15) is 4.79 Å². The highest BCUT2D eigenvalue weighted by Crippen LogP contribution is 2.20. The Hall–Kier alpha value is -2.06. The van der Waals surface area contributed by atoms with Crippen LogP contribution in [0.25, 0.3) is 0 Å². The number of carbonyl (C=O) groups excluding carboxylic acids is 1. The molecule has 1 aliphatic rings. The summed E-state index contributed by atoms with van der Waals surface area (Å²) in [5.74, 6) is 0.643. The highest BCUT2D eigenvalue weighted by Gasteiger charge is 2.28. The molecule has 1 fully saturated rings. The van der Waals surface area contributed by atoms with Crippen LogP contribution >= 0.6 is 0 Å². The largest absolute Gasteiger partial charge is 0.479 e. The van der Waals surface area contributed by atoms with Crippen LogP contribution in [0.1, 0.15) is 25.3 Å². The molecule has 0 aliphatic carbocycles. The van der Waals surface area contributed by atoms with Gasteiger partial charge in [0, 0.05) is 13.2 Å². The van der Waals surface area contributed by atoms with Gasteiger partial charge >= 0.3 is 0 Å². The summed E-state index contributed by atoms with van der Waals surface area (Å²) in [7, 11) is 0. The summed E-state index contributed by atoms with van der Waals surface area (Å²) in [4.78, 5) is 12.1. The monoisotopic (exact) mass is 288 g/mol. The minimum Gasteiger partial charge on any atom is -0.479 e. The summed E-state index contributed by atoms with van der Waals surface area (Å²) in [5.41, 5.74) is 0.997. The van der Waals surface area contributed by atoms with Crippen molar-refractivity contribution in [2.45, 2.75) is 32.4 Å². The van der Waals surface area contributed by atoms with E-state index in [-0.39, 0.29) is 24.5 Å². The number of ether oxygens (including phenoxy) is 2. The van der Waals surface area contributed by atoms with Crippen molar-refractivity contribution in [1.82, 2.24) is 5.32 Å². The second kappa shape index (κ2) is 7.65. The van der Waals surface area contributed by atoms with E-state index in [0.29, 0.717) is 12.3 Å². The number of nitrogens with one attached hydrogen (secondary N) is 1. The van der Waals surface area contributed by atoms with E-state index in [1.165, 1.54) is 0 Å². The van der Waals surface area contributed by atoms with Crippen LogP contribution in [0, 0.1) is 17.2 Å². The zero-order valence-electron chi connectivity index (χ0n) is 12.2. The van der Waals surface area contributed by atoms with Gasteiger partial charge in [0.25, 0.3) is 0 Å². The van der Waals surface area contributed by atoms with Gasteiger partial charge in [-0.05, 0) is 37.5 Å². The second-order valence-corrected chi connectivity index (χ2v) is 5.13. The number of hydrogen-bond donors (Lipinski definition) is 1. The Morgan fingerprint density at radius 1 is 1.48 bits per heavy atom. The minimum atomic E-state index is -0.0583. The Morgan fingerprint density at radius 3 is 2.90 bits per heavy atom.